The molecule has 2 aromatic heterocycles. The van der Waals surface area contributed by atoms with E-state index in [9.17, 15) is 0 Å². The summed E-state index contributed by atoms with van der Waals surface area (Å²) in [4.78, 5) is 23.5. The van der Waals surface area contributed by atoms with Crippen molar-refractivity contribution in [1.29, 1.82) is 0 Å². The van der Waals surface area contributed by atoms with Crippen molar-refractivity contribution in [3.8, 4) is 0 Å². The van der Waals surface area contributed by atoms with Crippen LogP contribution >= 0.6 is 12.4 Å². The van der Waals surface area contributed by atoms with Gasteiger partial charge in [-0.2, -0.15) is 29.9 Å². The van der Waals surface area contributed by atoms with Gasteiger partial charge in [-0.1, -0.05) is 51.4 Å². The largest absolute Gasteiger partial charge is 0.368 e. The highest BCUT2D eigenvalue weighted by molar-refractivity contribution is 5.85. The molecule has 0 bridgehead atoms. The molecule has 0 amide bonds. The fourth-order valence-corrected chi connectivity index (χ4v) is 3.97. The number of hydrogen-bond acceptors (Lipinski definition) is 14. The first-order valence-electron chi connectivity index (χ1n) is 14.0. The van der Waals surface area contributed by atoms with Crippen LogP contribution in [0.25, 0.3) is 0 Å². The molecule has 0 aliphatic carbocycles. The fourth-order valence-electron chi connectivity index (χ4n) is 3.97. The molecule has 15 heteroatoms. The predicted molar refractivity (Wildman–Crippen MR) is 163 cm³/mol. The average Bonchev–Trinajstić information content (AvgIpc) is 2.86. The van der Waals surface area contributed by atoms with Crippen LogP contribution in [-0.2, 0) is 0 Å². The lowest BCUT2D eigenvalue weighted by molar-refractivity contribution is 0.532. The normalized spacial score (nSPS) is 10.8. The molecule has 0 aliphatic heterocycles. The van der Waals surface area contributed by atoms with E-state index in [4.69, 9.17) is 22.9 Å². The third-order valence-corrected chi connectivity index (χ3v) is 5.92. The highest BCUT2D eigenvalue weighted by atomic mass is 35.5. The molecule has 0 aromatic carbocycles. The van der Waals surface area contributed by atoms with Crippen molar-refractivity contribution in [2.24, 2.45) is 0 Å². The van der Waals surface area contributed by atoms with Crippen LogP contribution in [0, 0.1) is 0 Å². The quantitative estimate of drug-likeness (QED) is 0.0898. The van der Waals surface area contributed by atoms with Crippen molar-refractivity contribution >= 4 is 48.1 Å². The Morgan fingerprint density at radius 1 is 0.359 bits per heavy atom. The van der Waals surface area contributed by atoms with E-state index in [0.29, 0.717) is 11.9 Å². The summed E-state index contributed by atoms with van der Waals surface area (Å²) >= 11 is 0. The molecule has 0 radical (unpaired) electrons. The fraction of sp³-hybridized carbons (Fsp3) is 0.750. The maximum atomic E-state index is 5.55. The number of aromatic nitrogens is 6. The molecule has 0 spiro atoms. The van der Waals surface area contributed by atoms with Gasteiger partial charge in [-0.25, -0.2) is 0 Å². The molecular formula is C24H49ClN14. The number of nitrogen functional groups attached to an aromatic ring is 4. The molecule has 0 saturated carbocycles. The number of halogens is 1. The Bertz CT molecular complexity index is 776. The van der Waals surface area contributed by atoms with Gasteiger partial charge in [0, 0.05) is 13.1 Å². The second kappa shape index (κ2) is 21.9. The first kappa shape index (κ1) is 34.1. The third kappa shape index (κ3) is 18.0. The van der Waals surface area contributed by atoms with Gasteiger partial charge >= 0.3 is 0 Å². The van der Waals surface area contributed by atoms with E-state index < -0.39 is 0 Å². The first-order valence-corrected chi connectivity index (χ1v) is 14.0. The molecule has 0 unspecified atom stereocenters. The minimum Gasteiger partial charge on any atom is -0.368 e. The van der Waals surface area contributed by atoms with Crippen LogP contribution in [0.4, 0.5) is 35.7 Å². The van der Waals surface area contributed by atoms with Crippen LogP contribution in [0.2, 0.25) is 0 Å². The summed E-state index contributed by atoms with van der Waals surface area (Å²) in [6.07, 6.45) is 15.1. The standard InChI is InChI=1S/C24H48N14.ClH/c25-19-33-20(26)36-23(35-19)31-17-11-15-29-13-9-7-5-3-1-2-4-6-8-10-14-30-16-12-18-32-24-37-21(27)34-22(28)38-24;/h29-30H,1-18H2,(H5,25,26,31,33,35,36)(H5,27,28,32,34,37,38);1H. The highest BCUT2D eigenvalue weighted by Crippen LogP contribution is 2.10. The number of nitrogens with zero attached hydrogens (tertiary/aromatic N) is 6. The highest BCUT2D eigenvalue weighted by Gasteiger charge is 2.01. The van der Waals surface area contributed by atoms with Gasteiger partial charge in [0.1, 0.15) is 0 Å². The molecule has 12 N–H and O–H groups in total. The Labute approximate surface area is 238 Å². The second-order valence-electron chi connectivity index (χ2n) is 9.35. The van der Waals surface area contributed by atoms with E-state index in [-0.39, 0.29) is 36.2 Å². The maximum Gasteiger partial charge on any atom is 0.229 e. The molecule has 14 nitrogen and oxygen atoms in total. The zero-order valence-corrected chi connectivity index (χ0v) is 23.9. The summed E-state index contributed by atoms with van der Waals surface area (Å²) in [5.74, 6) is 1.40. The van der Waals surface area contributed by atoms with Crippen molar-refractivity contribution in [3.05, 3.63) is 0 Å². The molecule has 0 aliphatic rings. The second-order valence-corrected chi connectivity index (χ2v) is 9.35. The molecule has 0 atom stereocenters. The van der Waals surface area contributed by atoms with Gasteiger partial charge in [0.05, 0.1) is 0 Å². The van der Waals surface area contributed by atoms with E-state index in [1.807, 2.05) is 0 Å². The van der Waals surface area contributed by atoms with Gasteiger partial charge in [-0.15, -0.1) is 12.4 Å². The first-order chi connectivity index (χ1) is 18.5. The smallest absolute Gasteiger partial charge is 0.229 e. The summed E-state index contributed by atoms with van der Waals surface area (Å²) in [6.45, 7) is 5.59. The summed E-state index contributed by atoms with van der Waals surface area (Å²) in [6, 6.07) is 0. The van der Waals surface area contributed by atoms with Gasteiger partial charge in [0.2, 0.25) is 35.7 Å². The topological polar surface area (TPSA) is 230 Å². The van der Waals surface area contributed by atoms with Gasteiger partial charge in [-0.05, 0) is 51.9 Å². The van der Waals surface area contributed by atoms with E-state index >= 15 is 0 Å². The average molecular weight is 569 g/mol. The van der Waals surface area contributed by atoms with E-state index in [0.717, 1.165) is 52.1 Å². The van der Waals surface area contributed by atoms with Crippen molar-refractivity contribution < 1.29 is 0 Å². The Hall–Kier alpha value is -2.97. The lowest BCUT2D eigenvalue weighted by Gasteiger charge is -2.07. The van der Waals surface area contributed by atoms with Crippen LogP contribution in [0.5, 0.6) is 0 Å². The zero-order chi connectivity index (χ0) is 27.3. The predicted octanol–water partition coefficient (Wildman–Crippen LogP) is 2.19. The summed E-state index contributed by atoms with van der Waals surface area (Å²) in [7, 11) is 0. The molecule has 39 heavy (non-hydrogen) atoms. The minimum absolute atomic E-state index is 0. The molecule has 2 rings (SSSR count). The Morgan fingerprint density at radius 2 is 0.641 bits per heavy atom. The molecule has 2 heterocycles. The lowest BCUT2D eigenvalue weighted by atomic mass is 10.1. The van der Waals surface area contributed by atoms with Crippen LogP contribution in [0.3, 0.4) is 0 Å². The van der Waals surface area contributed by atoms with Crippen molar-refractivity contribution in [2.45, 2.75) is 77.0 Å². The molecular weight excluding hydrogens is 520 g/mol. The Kier molecular flexibility index (Phi) is 19.1. The Morgan fingerprint density at radius 3 is 0.974 bits per heavy atom. The van der Waals surface area contributed by atoms with Gasteiger partial charge in [-0.3, -0.25) is 0 Å². The molecule has 0 fully saturated rings. The van der Waals surface area contributed by atoms with Crippen LogP contribution in [-0.4, -0.2) is 69.2 Å². The van der Waals surface area contributed by atoms with Gasteiger partial charge in [0.15, 0.2) is 0 Å². The number of unbranched alkanes of at least 4 members (excludes halogenated alkanes) is 9. The molecule has 222 valence electrons. The molecule has 0 saturated heterocycles. The van der Waals surface area contributed by atoms with Crippen LogP contribution in [0.15, 0.2) is 0 Å². The summed E-state index contributed by atoms with van der Waals surface area (Å²) in [5.41, 5.74) is 22.2. The number of anilines is 6. The van der Waals surface area contributed by atoms with Crippen molar-refractivity contribution in [3.63, 3.8) is 0 Å². The van der Waals surface area contributed by atoms with Gasteiger partial charge in [0.25, 0.3) is 0 Å². The minimum atomic E-state index is 0. The lowest BCUT2D eigenvalue weighted by Crippen LogP contribution is -2.20. The van der Waals surface area contributed by atoms with E-state index in [1.54, 1.807) is 0 Å². The SMILES string of the molecule is Cl.Nc1nc(N)nc(NCCCNCCCCCCCCCCCCNCCCNc2nc(N)nc(N)n2)n1. The maximum absolute atomic E-state index is 5.55. The zero-order valence-electron chi connectivity index (χ0n) is 23.1. The van der Waals surface area contributed by atoms with E-state index in [2.05, 4.69) is 51.2 Å². The number of nitrogens with two attached hydrogens (primary N) is 4. The number of nitrogens with one attached hydrogen (secondary N) is 4. The van der Waals surface area contributed by atoms with E-state index in [1.165, 1.54) is 64.2 Å². The third-order valence-electron chi connectivity index (χ3n) is 5.92. The number of rotatable bonds is 23. The Balaban J connectivity index is 0.00000760. The van der Waals surface area contributed by atoms with Gasteiger partial charge < -0.3 is 44.2 Å². The van der Waals surface area contributed by atoms with Crippen LogP contribution < -0.4 is 44.2 Å². The van der Waals surface area contributed by atoms with Crippen molar-refractivity contribution in [2.75, 3.05) is 72.8 Å². The molecule has 2 aromatic rings. The van der Waals surface area contributed by atoms with Crippen molar-refractivity contribution in [1.82, 2.24) is 40.5 Å². The monoisotopic (exact) mass is 568 g/mol. The van der Waals surface area contributed by atoms with Crippen LogP contribution in [0.1, 0.15) is 77.0 Å². The summed E-state index contributed by atoms with van der Waals surface area (Å²) in [5, 5.41) is 13.2. The summed E-state index contributed by atoms with van der Waals surface area (Å²) < 4.78 is 0. The number of hydrogen-bond donors (Lipinski definition) is 8.